The first-order valence-corrected chi connectivity index (χ1v) is 4.86. The van der Waals surface area contributed by atoms with Crippen molar-refractivity contribution in [1.29, 1.82) is 0 Å². The molecule has 0 aromatic heterocycles. The third-order valence-electron chi connectivity index (χ3n) is 1.61. The lowest BCUT2D eigenvalue weighted by molar-refractivity contribution is -0.274. The summed E-state index contributed by atoms with van der Waals surface area (Å²) in [6.07, 6.45) is -3.67. The highest BCUT2D eigenvalue weighted by Gasteiger charge is 2.31. The van der Waals surface area contributed by atoms with E-state index in [-0.39, 0.29) is 10.7 Å². The number of benzene rings is 1. The van der Waals surface area contributed by atoms with Gasteiger partial charge in [0.1, 0.15) is 11.5 Å². The van der Waals surface area contributed by atoms with Gasteiger partial charge in [-0.3, -0.25) is 5.43 Å². The number of ether oxygens (including phenoxy) is 1. The molecule has 0 amide bonds. The summed E-state index contributed by atoms with van der Waals surface area (Å²) in [5.74, 6) is -0.954. The van der Waals surface area contributed by atoms with Gasteiger partial charge in [0.05, 0.1) is 6.21 Å². The molecule has 0 atom stereocenters. The zero-order chi connectivity index (χ0) is 13.8. The van der Waals surface area contributed by atoms with Crippen molar-refractivity contribution in [3.63, 3.8) is 0 Å². The molecule has 0 unspecified atom stereocenters. The summed E-state index contributed by atoms with van der Waals surface area (Å²) in [6, 6.07) is 3.05. The Morgan fingerprint density at radius 2 is 2.17 bits per heavy atom. The molecule has 0 saturated carbocycles. The quantitative estimate of drug-likeness (QED) is 0.443. The minimum atomic E-state index is -4.81. The van der Waals surface area contributed by atoms with Crippen LogP contribution in [0.1, 0.15) is 5.56 Å². The molecule has 5 nitrogen and oxygen atoms in total. The van der Waals surface area contributed by atoms with Gasteiger partial charge in [-0.2, -0.15) is 5.10 Å². The van der Waals surface area contributed by atoms with Crippen molar-refractivity contribution in [2.75, 3.05) is 0 Å². The topological polar surface area (TPSA) is 79.9 Å². The van der Waals surface area contributed by atoms with Crippen LogP contribution in [0.5, 0.6) is 11.5 Å². The average molecular weight is 279 g/mol. The van der Waals surface area contributed by atoms with Crippen LogP contribution in [0.15, 0.2) is 23.3 Å². The van der Waals surface area contributed by atoms with Gasteiger partial charge in [-0.1, -0.05) is 0 Å². The van der Waals surface area contributed by atoms with Crippen molar-refractivity contribution in [3.8, 4) is 11.5 Å². The lowest BCUT2D eigenvalue weighted by Crippen LogP contribution is -2.24. The van der Waals surface area contributed by atoms with Crippen LogP contribution in [0.3, 0.4) is 0 Å². The summed E-state index contributed by atoms with van der Waals surface area (Å²) in [4.78, 5) is 0. The Bertz CT molecular complexity index is 477. The second-order valence-corrected chi connectivity index (χ2v) is 3.44. The number of nitrogens with two attached hydrogens (primary N) is 1. The number of hydrazone groups is 1. The van der Waals surface area contributed by atoms with E-state index in [1.165, 1.54) is 6.07 Å². The number of rotatable bonds is 3. The van der Waals surface area contributed by atoms with Crippen molar-refractivity contribution >= 4 is 23.5 Å². The minimum Gasteiger partial charge on any atom is -0.507 e. The maximum Gasteiger partial charge on any atom is 0.573 e. The van der Waals surface area contributed by atoms with E-state index in [2.05, 4.69) is 27.5 Å². The number of hydrogen-bond donors (Lipinski definition) is 3. The van der Waals surface area contributed by atoms with Crippen LogP contribution in [-0.2, 0) is 0 Å². The van der Waals surface area contributed by atoms with E-state index in [0.29, 0.717) is 0 Å². The zero-order valence-corrected chi connectivity index (χ0v) is 9.55. The number of halogens is 3. The van der Waals surface area contributed by atoms with E-state index in [9.17, 15) is 18.3 Å². The van der Waals surface area contributed by atoms with Crippen LogP contribution < -0.4 is 15.9 Å². The molecule has 1 aromatic rings. The van der Waals surface area contributed by atoms with Gasteiger partial charge in [-0.05, 0) is 24.4 Å². The largest absolute Gasteiger partial charge is 0.573 e. The van der Waals surface area contributed by atoms with Crippen LogP contribution in [0, 0.1) is 0 Å². The van der Waals surface area contributed by atoms with E-state index in [0.717, 1.165) is 18.3 Å². The van der Waals surface area contributed by atoms with E-state index < -0.39 is 17.9 Å². The molecule has 0 radical (unpaired) electrons. The van der Waals surface area contributed by atoms with Gasteiger partial charge in [0.15, 0.2) is 5.11 Å². The molecule has 0 heterocycles. The summed E-state index contributed by atoms with van der Waals surface area (Å²) in [6.45, 7) is 0. The van der Waals surface area contributed by atoms with Gasteiger partial charge in [0.2, 0.25) is 0 Å². The Kier molecular flexibility index (Phi) is 4.32. The Labute approximate surface area is 105 Å². The van der Waals surface area contributed by atoms with E-state index >= 15 is 0 Å². The number of nitrogens with one attached hydrogen (secondary N) is 1. The van der Waals surface area contributed by atoms with Gasteiger partial charge >= 0.3 is 6.36 Å². The van der Waals surface area contributed by atoms with Crippen molar-refractivity contribution in [2.45, 2.75) is 6.36 Å². The first-order chi connectivity index (χ1) is 8.28. The highest BCUT2D eigenvalue weighted by Crippen LogP contribution is 2.27. The molecular weight excluding hydrogens is 271 g/mol. The van der Waals surface area contributed by atoms with Gasteiger partial charge in [-0.25, -0.2) is 0 Å². The first kappa shape index (κ1) is 14.0. The molecule has 1 aromatic carbocycles. The number of nitrogens with zero attached hydrogens (tertiary/aromatic N) is 1. The highest BCUT2D eigenvalue weighted by atomic mass is 32.1. The van der Waals surface area contributed by atoms with Crippen molar-refractivity contribution in [3.05, 3.63) is 23.8 Å². The SMILES string of the molecule is NC(=S)NN=Cc1ccc(OC(F)(F)F)cc1O. The third-order valence-corrected chi connectivity index (χ3v) is 1.71. The summed E-state index contributed by atoms with van der Waals surface area (Å²) in [5.41, 5.74) is 7.49. The van der Waals surface area contributed by atoms with Crippen LogP contribution in [-0.4, -0.2) is 22.8 Å². The summed E-state index contributed by atoms with van der Waals surface area (Å²) in [7, 11) is 0. The number of phenolic OH excluding ortho intramolecular Hbond substituents is 1. The van der Waals surface area contributed by atoms with E-state index in [1.807, 2.05) is 0 Å². The van der Waals surface area contributed by atoms with E-state index in [4.69, 9.17) is 5.73 Å². The van der Waals surface area contributed by atoms with Crippen molar-refractivity contribution in [2.24, 2.45) is 10.8 Å². The molecule has 0 spiro atoms. The fraction of sp³-hybridized carbons (Fsp3) is 0.111. The first-order valence-electron chi connectivity index (χ1n) is 4.45. The number of alkyl halides is 3. The fourth-order valence-corrected chi connectivity index (χ4v) is 1.05. The van der Waals surface area contributed by atoms with Crippen LogP contribution in [0.4, 0.5) is 13.2 Å². The molecule has 4 N–H and O–H groups in total. The second-order valence-electron chi connectivity index (χ2n) is 3.00. The predicted molar refractivity (Wildman–Crippen MR) is 62.3 cm³/mol. The van der Waals surface area contributed by atoms with Crippen molar-refractivity contribution in [1.82, 2.24) is 5.43 Å². The third kappa shape index (κ3) is 4.87. The molecule has 0 saturated heterocycles. The lowest BCUT2D eigenvalue weighted by Gasteiger charge is -2.09. The van der Waals surface area contributed by atoms with Crippen LogP contribution >= 0.6 is 12.2 Å². The molecule has 9 heteroatoms. The van der Waals surface area contributed by atoms with Crippen molar-refractivity contribution < 1.29 is 23.0 Å². The normalized spacial score (nSPS) is 11.5. The molecule has 1 rings (SSSR count). The maximum absolute atomic E-state index is 11.9. The Morgan fingerprint density at radius 1 is 1.50 bits per heavy atom. The fourth-order valence-electron chi connectivity index (χ4n) is 0.995. The predicted octanol–water partition coefficient (Wildman–Crippen LogP) is 1.46. The van der Waals surface area contributed by atoms with Gasteiger partial charge in [0.25, 0.3) is 0 Å². The van der Waals surface area contributed by atoms with Gasteiger partial charge in [-0.15, -0.1) is 13.2 Å². The Morgan fingerprint density at radius 3 is 2.67 bits per heavy atom. The molecule has 98 valence electrons. The maximum atomic E-state index is 11.9. The standard InChI is InChI=1S/C9H8F3N3O2S/c10-9(11,12)17-6-2-1-5(7(16)3-6)4-14-15-8(13)18/h1-4,16H,(H3,13,15,18). The molecule has 0 aliphatic carbocycles. The Balaban J connectivity index is 2.80. The highest BCUT2D eigenvalue weighted by molar-refractivity contribution is 7.80. The number of aromatic hydroxyl groups is 1. The van der Waals surface area contributed by atoms with Gasteiger partial charge in [0, 0.05) is 11.6 Å². The molecular formula is C9H8F3N3O2S. The average Bonchev–Trinajstić information content (AvgIpc) is 2.18. The molecule has 0 fully saturated rings. The minimum absolute atomic E-state index is 0.0808. The monoisotopic (exact) mass is 279 g/mol. The number of phenols is 1. The summed E-state index contributed by atoms with van der Waals surface area (Å²) < 4.78 is 39.3. The second kappa shape index (κ2) is 5.54. The Hall–Kier alpha value is -2.03. The van der Waals surface area contributed by atoms with Gasteiger partial charge < -0.3 is 15.6 Å². The summed E-state index contributed by atoms with van der Waals surface area (Å²) in [5, 5.41) is 12.9. The number of thiocarbonyl (C=S) groups is 1. The van der Waals surface area contributed by atoms with E-state index in [1.54, 1.807) is 0 Å². The summed E-state index contributed by atoms with van der Waals surface area (Å²) >= 11 is 4.47. The lowest BCUT2D eigenvalue weighted by atomic mass is 10.2. The van der Waals surface area contributed by atoms with Crippen LogP contribution in [0.25, 0.3) is 0 Å². The number of hydrogen-bond acceptors (Lipinski definition) is 4. The zero-order valence-electron chi connectivity index (χ0n) is 8.73. The smallest absolute Gasteiger partial charge is 0.507 e. The molecule has 0 bridgehead atoms. The molecule has 18 heavy (non-hydrogen) atoms. The van der Waals surface area contributed by atoms with Crippen LogP contribution in [0.2, 0.25) is 0 Å². The molecule has 0 aliphatic rings. The molecule has 0 aliphatic heterocycles.